The molecule has 0 spiro atoms. The first kappa shape index (κ1) is 12.3. The summed E-state index contributed by atoms with van der Waals surface area (Å²) in [6.07, 6.45) is 5.49. The molecule has 0 bridgehead atoms. The second-order valence-corrected chi connectivity index (χ2v) is 5.81. The van der Waals surface area contributed by atoms with Crippen LogP contribution in [0.3, 0.4) is 0 Å². The summed E-state index contributed by atoms with van der Waals surface area (Å²) in [4.78, 5) is 1.14. The average Bonchev–Trinajstić information content (AvgIpc) is 2.79. The van der Waals surface area contributed by atoms with Crippen LogP contribution in [0.4, 0.5) is 0 Å². The first-order chi connectivity index (χ1) is 7.81. The summed E-state index contributed by atoms with van der Waals surface area (Å²) in [7, 11) is 0. The molecule has 1 fully saturated rings. The van der Waals surface area contributed by atoms with Crippen LogP contribution in [0.5, 0.6) is 0 Å². The molecule has 1 nitrogen and oxygen atoms in total. The van der Waals surface area contributed by atoms with Gasteiger partial charge in [0.05, 0.1) is 6.61 Å². The van der Waals surface area contributed by atoms with Crippen molar-refractivity contribution in [2.24, 2.45) is 5.92 Å². The molecule has 1 aromatic rings. The van der Waals surface area contributed by atoms with Crippen molar-refractivity contribution in [2.75, 3.05) is 5.75 Å². The van der Waals surface area contributed by atoms with E-state index >= 15 is 0 Å². The van der Waals surface area contributed by atoms with Gasteiger partial charge in [0.1, 0.15) is 0 Å². The van der Waals surface area contributed by atoms with Crippen LogP contribution in [0.15, 0.2) is 23.1 Å². The number of halogens is 1. The van der Waals surface area contributed by atoms with E-state index in [-0.39, 0.29) is 6.61 Å². The van der Waals surface area contributed by atoms with E-state index in [0.29, 0.717) is 5.02 Å². The van der Waals surface area contributed by atoms with Crippen molar-refractivity contribution in [1.29, 1.82) is 0 Å². The quantitative estimate of drug-likeness (QED) is 0.818. The lowest BCUT2D eigenvalue weighted by molar-refractivity contribution is 0.279. The Bertz CT molecular complexity index is 348. The standard InChI is InChI=1S/C13H17ClOS/c14-12-6-3-7-13(11(12)8-15)16-9-10-4-1-2-5-10/h3,6-7,10,15H,1-2,4-5,8-9H2. The summed E-state index contributed by atoms with van der Waals surface area (Å²) >= 11 is 7.89. The van der Waals surface area contributed by atoms with E-state index in [0.717, 1.165) is 22.1 Å². The fourth-order valence-corrected chi connectivity index (χ4v) is 3.77. The Morgan fingerprint density at radius 1 is 1.31 bits per heavy atom. The first-order valence-electron chi connectivity index (χ1n) is 5.82. The second-order valence-electron chi connectivity index (χ2n) is 4.34. The van der Waals surface area contributed by atoms with Crippen LogP contribution in [0.1, 0.15) is 31.2 Å². The maximum Gasteiger partial charge on any atom is 0.0707 e. The molecular formula is C13H17ClOS. The van der Waals surface area contributed by atoms with Crippen molar-refractivity contribution < 1.29 is 5.11 Å². The molecule has 0 saturated heterocycles. The van der Waals surface area contributed by atoms with Crippen molar-refractivity contribution in [2.45, 2.75) is 37.2 Å². The van der Waals surface area contributed by atoms with E-state index in [2.05, 4.69) is 6.07 Å². The fraction of sp³-hybridized carbons (Fsp3) is 0.538. The van der Waals surface area contributed by atoms with Crippen LogP contribution in [0, 0.1) is 5.92 Å². The van der Waals surface area contributed by atoms with Gasteiger partial charge in [-0.3, -0.25) is 0 Å². The van der Waals surface area contributed by atoms with Crippen LogP contribution in [0.2, 0.25) is 5.02 Å². The lowest BCUT2D eigenvalue weighted by atomic mass is 10.1. The molecular weight excluding hydrogens is 240 g/mol. The lowest BCUT2D eigenvalue weighted by Crippen LogP contribution is -1.98. The van der Waals surface area contributed by atoms with Gasteiger partial charge in [0, 0.05) is 21.2 Å². The van der Waals surface area contributed by atoms with E-state index in [1.54, 1.807) is 0 Å². The molecule has 0 aromatic heterocycles. The monoisotopic (exact) mass is 256 g/mol. The van der Waals surface area contributed by atoms with Gasteiger partial charge in [0.2, 0.25) is 0 Å². The Labute approximate surface area is 106 Å². The smallest absolute Gasteiger partial charge is 0.0707 e. The summed E-state index contributed by atoms with van der Waals surface area (Å²) in [5.74, 6) is 2.02. The zero-order chi connectivity index (χ0) is 11.4. The predicted octanol–water partition coefficient (Wildman–Crippen LogP) is 4.11. The van der Waals surface area contributed by atoms with Crippen LogP contribution in [0.25, 0.3) is 0 Å². The molecule has 1 N–H and O–H groups in total. The molecule has 0 aliphatic heterocycles. The van der Waals surface area contributed by atoms with Crippen LogP contribution in [-0.2, 0) is 6.61 Å². The molecule has 3 heteroatoms. The highest BCUT2D eigenvalue weighted by Gasteiger charge is 2.16. The molecule has 0 amide bonds. The SMILES string of the molecule is OCc1c(Cl)cccc1SCC1CCCC1. The van der Waals surface area contributed by atoms with E-state index in [4.69, 9.17) is 11.6 Å². The third-order valence-electron chi connectivity index (χ3n) is 3.18. The number of aliphatic hydroxyl groups is 1. The zero-order valence-electron chi connectivity index (χ0n) is 9.29. The summed E-state index contributed by atoms with van der Waals surface area (Å²) < 4.78 is 0. The Balaban J connectivity index is 2.00. The van der Waals surface area contributed by atoms with Gasteiger partial charge >= 0.3 is 0 Å². The number of benzene rings is 1. The summed E-state index contributed by atoms with van der Waals surface area (Å²) in [5, 5.41) is 9.97. The predicted molar refractivity (Wildman–Crippen MR) is 70.1 cm³/mol. The first-order valence-corrected chi connectivity index (χ1v) is 7.18. The van der Waals surface area contributed by atoms with Gasteiger partial charge in [0.15, 0.2) is 0 Å². The van der Waals surface area contributed by atoms with E-state index in [9.17, 15) is 5.11 Å². The maximum atomic E-state index is 9.29. The van der Waals surface area contributed by atoms with Gasteiger partial charge in [-0.1, -0.05) is 30.5 Å². The highest BCUT2D eigenvalue weighted by molar-refractivity contribution is 7.99. The number of thioether (sulfide) groups is 1. The third-order valence-corrected chi connectivity index (χ3v) is 4.87. The van der Waals surface area contributed by atoms with E-state index < -0.39 is 0 Å². The van der Waals surface area contributed by atoms with Gasteiger partial charge in [-0.25, -0.2) is 0 Å². The highest BCUT2D eigenvalue weighted by Crippen LogP contribution is 2.34. The van der Waals surface area contributed by atoms with Crippen LogP contribution < -0.4 is 0 Å². The summed E-state index contributed by atoms with van der Waals surface area (Å²) in [6, 6.07) is 5.85. The van der Waals surface area contributed by atoms with E-state index in [1.807, 2.05) is 23.9 Å². The van der Waals surface area contributed by atoms with Crippen LogP contribution >= 0.6 is 23.4 Å². The van der Waals surface area contributed by atoms with Gasteiger partial charge in [-0.05, 0) is 30.9 Å². The number of hydrogen-bond acceptors (Lipinski definition) is 2. The average molecular weight is 257 g/mol. The molecule has 0 atom stereocenters. The number of rotatable bonds is 4. The summed E-state index contributed by atoms with van der Waals surface area (Å²) in [5.41, 5.74) is 0.882. The largest absolute Gasteiger partial charge is 0.392 e. The van der Waals surface area contributed by atoms with Gasteiger partial charge < -0.3 is 5.11 Å². The van der Waals surface area contributed by atoms with Crippen molar-refractivity contribution >= 4 is 23.4 Å². The molecule has 0 unspecified atom stereocenters. The highest BCUT2D eigenvalue weighted by atomic mass is 35.5. The zero-order valence-corrected chi connectivity index (χ0v) is 10.9. The third kappa shape index (κ3) is 2.93. The Hall–Kier alpha value is -0.180. The minimum Gasteiger partial charge on any atom is -0.392 e. The molecule has 2 rings (SSSR count). The topological polar surface area (TPSA) is 20.2 Å². The molecule has 1 aliphatic rings. The molecule has 1 aliphatic carbocycles. The summed E-state index contributed by atoms with van der Waals surface area (Å²) in [6.45, 7) is 0.0344. The van der Waals surface area contributed by atoms with Gasteiger partial charge in [-0.2, -0.15) is 0 Å². The van der Waals surface area contributed by atoms with Gasteiger partial charge in [-0.15, -0.1) is 11.8 Å². The minimum absolute atomic E-state index is 0.0344. The van der Waals surface area contributed by atoms with Gasteiger partial charge in [0.25, 0.3) is 0 Å². The van der Waals surface area contributed by atoms with Crippen molar-refractivity contribution in [3.05, 3.63) is 28.8 Å². The normalized spacial score (nSPS) is 16.9. The molecule has 1 aromatic carbocycles. The Morgan fingerprint density at radius 2 is 2.06 bits per heavy atom. The van der Waals surface area contributed by atoms with E-state index in [1.165, 1.54) is 25.7 Å². The lowest BCUT2D eigenvalue weighted by Gasteiger charge is -2.11. The number of hydrogen-bond donors (Lipinski definition) is 1. The molecule has 0 radical (unpaired) electrons. The molecule has 1 saturated carbocycles. The molecule has 16 heavy (non-hydrogen) atoms. The Morgan fingerprint density at radius 3 is 2.75 bits per heavy atom. The maximum absolute atomic E-state index is 9.29. The van der Waals surface area contributed by atoms with Crippen molar-refractivity contribution in [3.63, 3.8) is 0 Å². The Kier molecular flexibility index (Phi) is 4.56. The van der Waals surface area contributed by atoms with Crippen LogP contribution in [-0.4, -0.2) is 10.9 Å². The molecule has 88 valence electrons. The van der Waals surface area contributed by atoms with Crippen molar-refractivity contribution in [1.82, 2.24) is 0 Å². The fourth-order valence-electron chi connectivity index (χ4n) is 2.21. The second kappa shape index (κ2) is 5.95. The number of aliphatic hydroxyl groups excluding tert-OH is 1. The molecule has 0 heterocycles. The van der Waals surface area contributed by atoms with Crippen molar-refractivity contribution in [3.8, 4) is 0 Å². The minimum atomic E-state index is 0.0344.